The molecule has 2 atom stereocenters. The lowest BCUT2D eigenvalue weighted by molar-refractivity contribution is 0.144. The van der Waals surface area contributed by atoms with E-state index in [1.807, 2.05) is 6.07 Å². The third-order valence-electron chi connectivity index (χ3n) is 3.49. The van der Waals surface area contributed by atoms with Crippen LogP contribution in [0.3, 0.4) is 0 Å². The lowest BCUT2D eigenvalue weighted by Crippen LogP contribution is -2.33. The van der Waals surface area contributed by atoms with Gasteiger partial charge >= 0.3 is 0 Å². The van der Waals surface area contributed by atoms with Crippen LogP contribution in [0.2, 0.25) is 0 Å². The van der Waals surface area contributed by atoms with E-state index in [2.05, 4.69) is 32.0 Å². The molecule has 2 rings (SSSR count). The molecule has 2 heteroatoms. The summed E-state index contributed by atoms with van der Waals surface area (Å²) in [4.78, 5) is 0. The molecule has 0 radical (unpaired) electrons. The predicted molar refractivity (Wildman–Crippen MR) is 71.4 cm³/mol. The van der Waals surface area contributed by atoms with Crippen molar-refractivity contribution in [3.63, 3.8) is 0 Å². The maximum Gasteiger partial charge on any atom is 0.120 e. The molecule has 94 valence electrons. The van der Waals surface area contributed by atoms with Crippen LogP contribution in [0.1, 0.15) is 51.0 Å². The fourth-order valence-corrected chi connectivity index (χ4v) is 2.43. The highest BCUT2D eigenvalue weighted by atomic mass is 16.5. The molecule has 1 aromatic rings. The zero-order chi connectivity index (χ0) is 12.3. The third kappa shape index (κ3) is 3.47. The van der Waals surface area contributed by atoms with Crippen LogP contribution in [0.4, 0.5) is 0 Å². The molecule has 0 spiro atoms. The van der Waals surface area contributed by atoms with Crippen LogP contribution in [0.25, 0.3) is 0 Å². The van der Waals surface area contributed by atoms with Gasteiger partial charge in [-0.3, -0.25) is 0 Å². The van der Waals surface area contributed by atoms with E-state index in [1.165, 1.54) is 12.0 Å². The first-order valence-electron chi connectivity index (χ1n) is 6.67. The summed E-state index contributed by atoms with van der Waals surface area (Å²) in [6, 6.07) is 8.76. The van der Waals surface area contributed by atoms with Crippen molar-refractivity contribution in [2.24, 2.45) is 5.73 Å². The number of hydrogen-bond acceptors (Lipinski definition) is 2. The molecule has 1 saturated carbocycles. The molecule has 2 unspecified atom stereocenters. The van der Waals surface area contributed by atoms with E-state index in [-0.39, 0.29) is 0 Å². The Kier molecular flexibility index (Phi) is 4.06. The van der Waals surface area contributed by atoms with Crippen LogP contribution in [-0.2, 0) is 0 Å². The Balaban J connectivity index is 2.00. The lowest BCUT2D eigenvalue weighted by Gasteiger charge is -2.27. The summed E-state index contributed by atoms with van der Waals surface area (Å²) in [6.07, 6.45) is 4.77. The second kappa shape index (κ2) is 5.54. The molecule has 0 saturated heterocycles. The predicted octanol–water partition coefficient (Wildman–Crippen LogP) is 3.46. The number of nitrogens with two attached hydrogens (primary N) is 1. The number of benzene rings is 1. The monoisotopic (exact) mass is 233 g/mol. The van der Waals surface area contributed by atoms with Crippen LogP contribution in [0.5, 0.6) is 5.75 Å². The van der Waals surface area contributed by atoms with Gasteiger partial charge in [0.25, 0.3) is 0 Å². The fourth-order valence-electron chi connectivity index (χ4n) is 2.43. The standard InChI is InChI=1S/C15H23NO/c1-11(2)12-5-3-7-14(9-12)17-15-8-4-6-13(16)10-15/h3,5,7,9,11,13,15H,4,6,8,10,16H2,1-2H3. The molecular weight excluding hydrogens is 210 g/mol. The first kappa shape index (κ1) is 12.4. The Hall–Kier alpha value is -1.02. The Bertz CT molecular complexity index is 362. The van der Waals surface area contributed by atoms with E-state index < -0.39 is 0 Å². The van der Waals surface area contributed by atoms with Crippen molar-refractivity contribution >= 4 is 0 Å². The summed E-state index contributed by atoms with van der Waals surface area (Å²) in [5, 5.41) is 0. The molecule has 0 bridgehead atoms. The summed E-state index contributed by atoms with van der Waals surface area (Å²) in [5.74, 6) is 1.54. The summed E-state index contributed by atoms with van der Waals surface area (Å²) in [5.41, 5.74) is 7.31. The van der Waals surface area contributed by atoms with Gasteiger partial charge in [-0.15, -0.1) is 0 Å². The van der Waals surface area contributed by atoms with Crippen LogP contribution in [0, 0.1) is 0 Å². The largest absolute Gasteiger partial charge is 0.490 e. The van der Waals surface area contributed by atoms with Gasteiger partial charge in [-0.25, -0.2) is 0 Å². The highest BCUT2D eigenvalue weighted by molar-refractivity contribution is 5.30. The van der Waals surface area contributed by atoms with Gasteiger partial charge < -0.3 is 10.5 Å². The number of rotatable bonds is 3. The quantitative estimate of drug-likeness (QED) is 0.867. The molecule has 0 aliphatic heterocycles. The van der Waals surface area contributed by atoms with Crippen molar-refractivity contribution in [3.8, 4) is 5.75 Å². The molecule has 0 amide bonds. The molecule has 0 heterocycles. The van der Waals surface area contributed by atoms with Gasteiger partial charge in [-0.2, -0.15) is 0 Å². The first-order chi connectivity index (χ1) is 8.15. The van der Waals surface area contributed by atoms with Gasteiger partial charge in [0, 0.05) is 6.04 Å². The minimum atomic E-state index is 0.307. The van der Waals surface area contributed by atoms with Gasteiger partial charge in [0.05, 0.1) is 0 Å². The number of hydrogen-bond donors (Lipinski definition) is 1. The van der Waals surface area contributed by atoms with Crippen molar-refractivity contribution in [2.75, 3.05) is 0 Å². The summed E-state index contributed by atoms with van der Waals surface area (Å²) in [6.45, 7) is 4.41. The second-order valence-electron chi connectivity index (χ2n) is 5.39. The maximum atomic E-state index is 6.04. The Labute approximate surface area is 104 Å². The normalized spacial score (nSPS) is 24.9. The van der Waals surface area contributed by atoms with Gasteiger partial charge in [-0.1, -0.05) is 26.0 Å². The summed E-state index contributed by atoms with van der Waals surface area (Å²) >= 11 is 0. The molecule has 1 aromatic carbocycles. The summed E-state index contributed by atoms with van der Waals surface area (Å²) in [7, 11) is 0. The van der Waals surface area contributed by atoms with E-state index in [4.69, 9.17) is 10.5 Å². The zero-order valence-electron chi connectivity index (χ0n) is 10.9. The van der Waals surface area contributed by atoms with Crippen LogP contribution in [-0.4, -0.2) is 12.1 Å². The van der Waals surface area contributed by atoms with Crippen molar-refractivity contribution in [2.45, 2.75) is 57.6 Å². The fraction of sp³-hybridized carbons (Fsp3) is 0.600. The maximum absolute atomic E-state index is 6.04. The molecular formula is C15H23NO. The molecule has 1 fully saturated rings. The smallest absolute Gasteiger partial charge is 0.120 e. The Morgan fingerprint density at radius 2 is 2.12 bits per heavy atom. The van der Waals surface area contributed by atoms with Crippen LogP contribution >= 0.6 is 0 Å². The van der Waals surface area contributed by atoms with Crippen molar-refractivity contribution in [1.29, 1.82) is 0 Å². The van der Waals surface area contributed by atoms with Gasteiger partial charge in [0.1, 0.15) is 11.9 Å². The first-order valence-corrected chi connectivity index (χ1v) is 6.67. The van der Waals surface area contributed by atoms with Gasteiger partial charge in [-0.05, 0) is 49.3 Å². The van der Waals surface area contributed by atoms with Crippen LogP contribution in [0.15, 0.2) is 24.3 Å². The van der Waals surface area contributed by atoms with Crippen molar-refractivity contribution in [3.05, 3.63) is 29.8 Å². The van der Waals surface area contributed by atoms with E-state index in [9.17, 15) is 0 Å². The third-order valence-corrected chi connectivity index (χ3v) is 3.49. The molecule has 1 aliphatic rings. The Morgan fingerprint density at radius 3 is 2.82 bits per heavy atom. The highest BCUT2D eigenvalue weighted by Crippen LogP contribution is 2.25. The topological polar surface area (TPSA) is 35.2 Å². The van der Waals surface area contributed by atoms with E-state index in [0.29, 0.717) is 18.1 Å². The van der Waals surface area contributed by atoms with Crippen LogP contribution < -0.4 is 10.5 Å². The van der Waals surface area contributed by atoms with Gasteiger partial charge in [0.2, 0.25) is 0 Å². The highest BCUT2D eigenvalue weighted by Gasteiger charge is 2.20. The van der Waals surface area contributed by atoms with Crippen molar-refractivity contribution in [1.82, 2.24) is 0 Å². The Morgan fingerprint density at radius 1 is 1.29 bits per heavy atom. The minimum Gasteiger partial charge on any atom is -0.490 e. The lowest BCUT2D eigenvalue weighted by atomic mass is 9.93. The van der Waals surface area contributed by atoms with Crippen molar-refractivity contribution < 1.29 is 4.74 Å². The minimum absolute atomic E-state index is 0.307. The SMILES string of the molecule is CC(C)c1cccc(OC2CCCC(N)C2)c1. The average molecular weight is 233 g/mol. The molecule has 0 aromatic heterocycles. The molecule has 1 aliphatic carbocycles. The molecule has 2 nitrogen and oxygen atoms in total. The average Bonchev–Trinajstić information content (AvgIpc) is 2.29. The second-order valence-corrected chi connectivity index (χ2v) is 5.39. The van der Waals surface area contributed by atoms with E-state index >= 15 is 0 Å². The molecule has 2 N–H and O–H groups in total. The van der Waals surface area contributed by atoms with E-state index in [0.717, 1.165) is 25.0 Å². The van der Waals surface area contributed by atoms with Gasteiger partial charge in [0.15, 0.2) is 0 Å². The van der Waals surface area contributed by atoms with E-state index in [1.54, 1.807) is 0 Å². The summed E-state index contributed by atoms with van der Waals surface area (Å²) < 4.78 is 6.04. The number of ether oxygens (including phenoxy) is 1. The molecule has 17 heavy (non-hydrogen) atoms. The zero-order valence-corrected chi connectivity index (χ0v) is 10.9.